The number of benzene rings is 2. The van der Waals surface area contributed by atoms with E-state index in [1.54, 1.807) is 6.92 Å². The molecule has 0 saturated heterocycles. The summed E-state index contributed by atoms with van der Waals surface area (Å²) in [6.45, 7) is 1.73. The van der Waals surface area contributed by atoms with E-state index in [1.165, 1.54) is 24.3 Å². The molecule has 2 aromatic carbocycles. The van der Waals surface area contributed by atoms with Gasteiger partial charge in [-0.2, -0.15) is 0 Å². The first-order chi connectivity index (χ1) is 9.90. The molecule has 7 heteroatoms. The highest BCUT2D eigenvalue weighted by molar-refractivity contribution is 7.89. The fraction of sp³-hybridized carbons (Fsp3) is 0.143. The smallest absolute Gasteiger partial charge is 0.258 e. The van der Waals surface area contributed by atoms with Crippen LogP contribution in [0.4, 0.5) is 5.69 Å². The average Bonchev–Trinajstić information content (AvgIpc) is 2.48. The van der Waals surface area contributed by atoms with E-state index in [1.807, 2.05) is 30.3 Å². The Kier molecular flexibility index (Phi) is 4.35. The maximum absolute atomic E-state index is 12.2. The topological polar surface area (TPSA) is 89.3 Å². The van der Waals surface area contributed by atoms with Crippen molar-refractivity contribution in [3.05, 3.63) is 70.3 Å². The van der Waals surface area contributed by atoms with Crippen molar-refractivity contribution < 1.29 is 13.3 Å². The molecule has 0 saturated carbocycles. The summed E-state index contributed by atoms with van der Waals surface area (Å²) in [5.74, 6) is 0. The first-order valence-electron chi connectivity index (χ1n) is 6.22. The standard InChI is InChI=1S/C14H14N2O4S/c1-11(12-5-3-2-4-6-12)15-21(19,20)14-9-7-13(8-10-14)16(17)18/h2-11,15H,1H3/t11-/m1/s1. The van der Waals surface area contributed by atoms with Gasteiger partial charge in [0.1, 0.15) is 0 Å². The third kappa shape index (κ3) is 3.65. The number of nitro benzene ring substituents is 1. The van der Waals surface area contributed by atoms with Gasteiger partial charge in [0.25, 0.3) is 5.69 Å². The van der Waals surface area contributed by atoms with E-state index in [-0.39, 0.29) is 10.6 Å². The number of nitro groups is 1. The molecule has 0 aliphatic carbocycles. The van der Waals surface area contributed by atoms with Gasteiger partial charge < -0.3 is 0 Å². The molecule has 0 amide bonds. The molecular weight excluding hydrogens is 292 g/mol. The van der Waals surface area contributed by atoms with Gasteiger partial charge in [0.05, 0.1) is 9.82 Å². The van der Waals surface area contributed by atoms with Crippen LogP contribution in [0.2, 0.25) is 0 Å². The van der Waals surface area contributed by atoms with E-state index in [2.05, 4.69) is 4.72 Å². The molecule has 0 spiro atoms. The predicted molar refractivity (Wildman–Crippen MR) is 78.3 cm³/mol. The van der Waals surface area contributed by atoms with E-state index in [4.69, 9.17) is 0 Å². The van der Waals surface area contributed by atoms with E-state index in [0.29, 0.717) is 0 Å². The summed E-state index contributed by atoms with van der Waals surface area (Å²) < 4.78 is 27.0. The molecule has 1 atom stereocenters. The molecule has 0 aliphatic rings. The normalized spacial score (nSPS) is 12.8. The van der Waals surface area contributed by atoms with Gasteiger partial charge in [-0.3, -0.25) is 10.1 Å². The van der Waals surface area contributed by atoms with Crippen molar-refractivity contribution in [3.8, 4) is 0 Å². The van der Waals surface area contributed by atoms with Crippen molar-refractivity contribution in [3.63, 3.8) is 0 Å². The first-order valence-corrected chi connectivity index (χ1v) is 7.70. The zero-order valence-electron chi connectivity index (χ0n) is 11.3. The van der Waals surface area contributed by atoms with Gasteiger partial charge in [-0.1, -0.05) is 30.3 Å². The van der Waals surface area contributed by atoms with E-state index in [0.717, 1.165) is 5.56 Å². The van der Waals surface area contributed by atoms with Crippen LogP contribution in [0.25, 0.3) is 0 Å². The lowest BCUT2D eigenvalue weighted by molar-refractivity contribution is -0.384. The summed E-state index contributed by atoms with van der Waals surface area (Å²) in [6, 6.07) is 13.5. The van der Waals surface area contributed by atoms with Crippen molar-refractivity contribution in [2.75, 3.05) is 0 Å². The minimum Gasteiger partial charge on any atom is -0.258 e. The largest absolute Gasteiger partial charge is 0.269 e. The third-order valence-corrected chi connectivity index (χ3v) is 4.55. The van der Waals surface area contributed by atoms with Gasteiger partial charge in [0.15, 0.2) is 0 Å². The SMILES string of the molecule is C[C@@H](NS(=O)(=O)c1ccc([N+](=O)[O-])cc1)c1ccccc1. The second-order valence-corrected chi connectivity index (χ2v) is 6.22. The first kappa shape index (κ1) is 15.1. The molecular formula is C14H14N2O4S. The van der Waals surface area contributed by atoms with Crippen LogP contribution in [-0.2, 0) is 10.0 Å². The van der Waals surface area contributed by atoms with Gasteiger partial charge in [-0.25, -0.2) is 13.1 Å². The molecule has 0 fully saturated rings. The molecule has 0 aliphatic heterocycles. The highest BCUT2D eigenvalue weighted by Gasteiger charge is 2.19. The molecule has 2 aromatic rings. The summed E-state index contributed by atoms with van der Waals surface area (Å²) in [5, 5.41) is 10.6. The lowest BCUT2D eigenvalue weighted by Gasteiger charge is -2.14. The molecule has 0 aromatic heterocycles. The van der Waals surface area contributed by atoms with Gasteiger partial charge in [0.2, 0.25) is 10.0 Å². The number of rotatable bonds is 5. The second-order valence-electron chi connectivity index (χ2n) is 4.50. The monoisotopic (exact) mass is 306 g/mol. The van der Waals surface area contributed by atoms with Gasteiger partial charge in [-0.05, 0) is 24.6 Å². The molecule has 0 heterocycles. The van der Waals surface area contributed by atoms with E-state index < -0.39 is 21.0 Å². The number of sulfonamides is 1. The van der Waals surface area contributed by atoms with E-state index in [9.17, 15) is 18.5 Å². The molecule has 0 unspecified atom stereocenters. The summed E-state index contributed by atoms with van der Waals surface area (Å²) in [7, 11) is -3.72. The van der Waals surface area contributed by atoms with Crippen LogP contribution < -0.4 is 4.72 Å². The predicted octanol–water partition coefficient (Wildman–Crippen LogP) is 2.63. The highest BCUT2D eigenvalue weighted by atomic mass is 32.2. The molecule has 0 radical (unpaired) electrons. The van der Waals surface area contributed by atoms with Gasteiger partial charge in [-0.15, -0.1) is 0 Å². The maximum atomic E-state index is 12.2. The minimum atomic E-state index is -3.72. The average molecular weight is 306 g/mol. The van der Waals surface area contributed by atoms with E-state index >= 15 is 0 Å². The Morgan fingerprint density at radius 3 is 2.14 bits per heavy atom. The Bertz CT molecular complexity index is 727. The quantitative estimate of drug-likeness (QED) is 0.679. The number of hydrogen-bond acceptors (Lipinski definition) is 4. The Balaban J connectivity index is 2.20. The number of hydrogen-bond donors (Lipinski definition) is 1. The Labute approximate surface area is 122 Å². The molecule has 0 bridgehead atoms. The summed E-state index contributed by atoms with van der Waals surface area (Å²) in [5.41, 5.74) is 0.688. The van der Waals surface area contributed by atoms with Crippen molar-refractivity contribution in [2.24, 2.45) is 0 Å². The van der Waals surface area contributed by atoms with Crippen LogP contribution >= 0.6 is 0 Å². The maximum Gasteiger partial charge on any atom is 0.269 e. The van der Waals surface area contributed by atoms with Gasteiger partial charge >= 0.3 is 0 Å². The molecule has 2 rings (SSSR count). The summed E-state index contributed by atoms with van der Waals surface area (Å²) in [6.07, 6.45) is 0. The summed E-state index contributed by atoms with van der Waals surface area (Å²) >= 11 is 0. The second kappa shape index (κ2) is 6.02. The molecule has 110 valence electrons. The Morgan fingerprint density at radius 2 is 1.62 bits per heavy atom. The minimum absolute atomic E-state index is 0.00381. The van der Waals surface area contributed by atoms with Gasteiger partial charge in [0, 0.05) is 18.2 Å². The summed E-state index contributed by atoms with van der Waals surface area (Å²) in [4.78, 5) is 9.99. The molecule has 21 heavy (non-hydrogen) atoms. The third-order valence-electron chi connectivity index (χ3n) is 2.99. The number of nitrogens with one attached hydrogen (secondary N) is 1. The lowest BCUT2D eigenvalue weighted by atomic mass is 10.1. The highest BCUT2D eigenvalue weighted by Crippen LogP contribution is 2.19. The number of nitrogens with zero attached hydrogens (tertiary/aromatic N) is 1. The Morgan fingerprint density at radius 1 is 1.05 bits per heavy atom. The fourth-order valence-electron chi connectivity index (χ4n) is 1.86. The van der Waals surface area contributed by atoms with Crippen LogP contribution in [0.3, 0.4) is 0 Å². The zero-order valence-corrected chi connectivity index (χ0v) is 12.1. The van der Waals surface area contributed by atoms with Crippen molar-refractivity contribution >= 4 is 15.7 Å². The van der Waals surface area contributed by atoms with Crippen LogP contribution in [0.1, 0.15) is 18.5 Å². The van der Waals surface area contributed by atoms with Crippen molar-refractivity contribution in [2.45, 2.75) is 17.9 Å². The van der Waals surface area contributed by atoms with Crippen LogP contribution in [0.5, 0.6) is 0 Å². The van der Waals surface area contributed by atoms with Crippen LogP contribution in [0.15, 0.2) is 59.5 Å². The zero-order chi connectivity index (χ0) is 15.5. The van der Waals surface area contributed by atoms with Crippen LogP contribution in [0, 0.1) is 10.1 Å². The molecule has 6 nitrogen and oxygen atoms in total. The van der Waals surface area contributed by atoms with Crippen molar-refractivity contribution in [1.82, 2.24) is 4.72 Å². The Hall–Kier alpha value is -2.25. The van der Waals surface area contributed by atoms with Crippen LogP contribution in [-0.4, -0.2) is 13.3 Å². The van der Waals surface area contributed by atoms with Crippen molar-refractivity contribution in [1.29, 1.82) is 0 Å². The fourth-order valence-corrected chi connectivity index (χ4v) is 3.09. The number of non-ortho nitro benzene ring substituents is 1. The molecule has 1 N–H and O–H groups in total. The lowest BCUT2D eigenvalue weighted by Crippen LogP contribution is -2.26.